The van der Waals surface area contributed by atoms with Crippen LogP contribution in [0, 0.1) is 6.92 Å². The summed E-state index contributed by atoms with van der Waals surface area (Å²) >= 11 is 6.45. The molecule has 11 nitrogen and oxygen atoms in total. The molecule has 0 spiro atoms. The lowest BCUT2D eigenvalue weighted by Gasteiger charge is -2.43. The third-order valence-corrected chi connectivity index (χ3v) is 10.1. The Morgan fingerprint density at radius 3 is 2.60 bits per heavy atom. The first-order chi connectivity index (χ1) is 22.9. The lowest BCUT2D eigenvalue weighted by Crippen LogP contribution is -2.53. The number of rotatable bonds is 10. The molecule has 6 rings (SSSR count). The van der Waals surface area contributed by atoms with Crippen molar-refractivity contribution in [2.24, 2.45) is 0 Å². The number of halogens is 1. The predicted molar refractivity (Wildman–Crippen MR) is 188 cm³/mol. The number of piperazine rings is 1. The van der Waals surface area contributed by atoms with Crippen molar-refractivity contribution < 1.29 is 14.4 Å². The smallest absolute Gasteiger partial charge is 0.247 e. The first-order valence-electron chi connectivity index (χ1n) is 16.5. The summed E-state index contributed by atoms with van der Waals surface area (Å²) in [5.41, 5.74) is 4.40. The fraction of sp³-hybridized carbons (Fsp3) is 0.457. The summed E-state index contributed by atoms with van der Waals surface area (Å²) in [7, 11) is 1.65. The molecule has 3 aliphatic rings. The van der Waals surface area contributed by atoms with Crippen LogP contribution in [0.3, 0.4) is 0 Å². The van der Waals surface area contributed by atoms with Gasteiger partial charge in [0.1, 0.15) is 17.9 Å². The molecule has 3 aromatic rings. The van der Waals surface area contributed by atoms with Crippen molar-refractivity contribution in [3.63, 3.8) is 0 Å². The fourth-order valence-electron chi connectivity index (χ4n) is 6.93. The lowest BCUT2D eigenvalue weighted by molar-refractivity contribution is -0.111. The van der Waals surface area contributed by atoms with Crippen LogP contribution in [0.15, 0.2) is 55.4 Å². The second-order valence-electron chi connectivity index (χ2n) is 12.3. The highest BCUT2D eigenvalue weighted by atomic mass is 35.5. The molecule has 2 N–H and O–H groups in total. The van der Waals surface area contributed by atoms with E-state index >= 15 is 0 Å². The van der Waals surface area contributed by atoms with Crippen LogP contribution < -0.4 is 25.3 Å². The molecular formula is C35H45ClN8O3. The van der Waals surface area contributed by atoms with E-state index in [4.69, 9.17) is 21.2 Å². The Balaban J connectivity index is 1.22. The van der Waals surface area contributed by atoms with Crippen LogP contribution in [0.2, 0.25) is 5.02 Å². The molecule has 1 atom stereocenters. The number of hydrogen-bond donors (Lipinski definition) is 2. The second kappa shape index (κ2) is 14.9. The average molecular weight is 661 g/mol. The van der Waals surface area contributed by atoms with E-state index in [1.54, 1.807) is 7.11 Å². The third-order valence-electron chi connectivity index (χ3n) is 9.65. The summed E-state index contributed by atoms with van der Waals surface area (Å²) in [6.45, 7) is 15.9. The molecule has 1 amide bonds. The van der Waals surface area contributed by atoms with Gasteiger partial charge in [-0.05, 0) is 55.6 Å². The maximum absolute atomic E-state index is 12.6. The van der Waals surface area contributed by atoms with Gasteiger partial charge in [0.15, 0.2) is 5.82 Å². The molecule has 4 heterocycles. The van der Waals surface area contributed by atoms with Crippen LogP contribution in [0.25, 0.3) is 0 Å². The minimum Gasteiger partial charge on any atom is -0.494 e. The number of hydrogen-bond acceptors (Lipinski definition) is 10. The predicted octanol–water partition coefficient (Wildman–Crippen LogP) is 5.80. The van der Waals surface area contributed by atoms with Gasteiger partial charge in [0, 0.05) is 68.9 Å². The normalized spacial score (nSPS) is 19.5. The Bertz CT molecular complexity index is 1570. The summed E-state index contributed by atoms with van der Waals surface area (Å²) in [4.78, 5) is 35.2. The number of carbonyl (C=O) groups is 1. The summed E-state index contributed by atoms with van der Waals surface area (Å²) in [5, 5.41) is 8.98. The molecular weight excluding hydrogens is 616 g/mol. The van der Waals surface area contributed by atoms with E-state index in [0.29, 0.717) is 41.4 Å². The summed E-state index contributed by atoms with van der Waals surface area (Å²) < 4.78 is 5.88. The van der Waals surface area contributed by atoms with E-state index in [1.165, 1.54) is 12.4 Å². The molecule has 0 radical (unpaired) electrons. The van der Waals surface area contributed by atoms with Gasteiger partial charge >= 0.3 is 0 Å². The van der Waals surface area contributed by atoms with Crippen molar-refractivity contribution in [1.82, 2.24) is 19.8 Å². The van der Waals surface area contributed by atoms with E-state index in [1.807, 2.05) is 42.3 Å². The number of methoxy groups -OCH3 is 1. The van der Waals surface area contributed by atoms with Gasteiger partial charge in [-0.25, -0.2) is 15.0 Å². The molecule has 250 valence electrons. The zero-order valence-electron chi connectivity index (χ0n) is 27.5. The summed E-state index contributed by atoms with van der Waals surface area (Å²) in [6, 6.07) is 12.2. The Labute approximate surface area is 282 Å². The Morgan fingerprint density at radius 1 is 1.09 bits per heavy atom. The third kappa shape index (κ3) is 7.33. The van der Waals surface area contributed by atoms with Gasteiger partial charge in [-0.1, -0.05) is 37.2 Å². The van der Waals surface area contributed by atoms with Gasteiger partial charge in [0.05, 0.1) is 36.8 Å². The Hall–Kier alpha value is -3.90. The van der Waals surface area contributed by atoms with E-state index in [-0.39, 0.29) is 11.9 Å². The first-order valence-corrected chi connectivity index (χ1v) is 16.9. The quantitative estimate of drug-likeness (QED) is 0.260. The number of aromatic nitrogens is 2. The highest BCUT2D eigenvalue weighted by Crippen LogP contribution is 2.41. The number of benzene rings is 2. The number of amides is 1. The van der Waals surface area contributed by atoms with Crippen molar-refractivity contribution in [3.05, 3.63) is 71.5 Å². The van der Waals surface area contributed by atoms with Crippen molar-refractivity contribution in [2.75, 3.05) is 80.1 Å². The number of carbonyl (C=O) groups excluding carboxylic acids is 1. The average Bonchev–Trinajstić information content (AvgIpc) is 3.60. The number of anilines is 5. The van der Waals surface area contributed by atoms with Crippen LogP contribution in [-0.2, 0) is 9.63 Å². The minimum absolute atomic E-state index is 0.0314. The van der Waals surface area contributed by atoms with Gasteiger partial charge in [-0.15, -0.1) is 0 Å². The van der Waals surface area contributed by atoms with Crippen molar-refractivity contribution in [2.45, 2.75) is 45.2 Å². The SMILES string of the molecule is C=CC(=O)Nc1cc(Nc2cc(N3OCCC3c3cccc(Cl)c3C)ncn2)c(OC)cc1N1CCC(N2CCN(CC)CC2)CC1. The van der Waals surface area contributed by atoms with Gasteiger partial charge in [0.25, 0.3) is 0 Å². The molecule has 0 saturated carbocycles. The Kier molecular flexibility index (Phi) is 10.5. The molecule has 0 bridgehead atoms. The largest absolute Gasteiger partial charge is 0.494 e. The summed E-state index contributed by atoms with van der Waals surface area (Å²) in [6.07, 6.45) is 5.74. The number of ether oxygens (including phenoxy) is 1. The molecule has 47 heavy (non-hydrogen) atoms. The molecule has 3 aliphatic heterocycles. The van der Waals surface area contributed by atoms with Crippen LogP contribution in [-0.4, -0.2) is 91.2 Å². The number of nitrogens with zero attached hydrogens (tertiary/aromatic N) is 6. The summed E-state index contributed by atoms with van der Waals surface area (Å²) in [5.74, 6) is 1.55. The lowest BCUT2D eigenvalue weighted by atomic mass is 9.99. The van der Waals surface area contributed by atoms with Crippen molar-refractivity contribution in [3.8, 4) is 5.75 Å². The highest BCUT2D eigenvalue weighted by molar-refractivity contribution is 6.31. The zero-order valence-corrected chi connectivity index (χ0v) is 28.3. The molecule has 0 aliphatic carbocycles. The Morgan fingerprint density at radius 2 is 1.87 bits per heavy atom. The van der Waals surface area contributed by atoms with Crippen LogP contribution >= 0.6 is 11.6 Å². The molecule has 12 heteroatoms. The maximum atomic E-state index is 12.6. The van der Waals surface area contributed by atoms with Crippen LogP contribution in [0.1, 0.15) is 43.4 Å². The van der Waals surface area contributed by atoms with Gasteiger partial charge in [-0.2, -0.15) is 0 Å². The van der Waals surface area contributed by atoms with Crippen LogP contribution in [0.4, 0.5) is 28.7 Å². The van der Waals surface area contributed by atoms with Gasteiger partial charge in [-0.3, -0.25) is 14.5 Å². The highest BCUT2D eigenvalue weighted by Gasteiger charge is 2.31. The van der Waals surface area contributed by atoms with E-state index in [0.717, 1.165) is 86.9 Å². The van der Waals surface area contributed by atoms with Crippen molar-refractivity contribution in [1.29, 1.82) is 0 Å². The molecule has 3 saturated heterocycles. The first kappa shape index (κ1) is 33.0. The van der Waals surface area contributed by atoms with Crippen molar-refractivity contribution >= 4 is 46.2 Å². The second-order valence-corrected chi connectivity index (χ2v) is 12.7. The minimum atomic E-state index is -0.274. The number of nitrogens with one attached hydrogen (secondary N) is 2. The van der Waals surface area contributed by atoms with Gasteiger partial charge < -0.3 is 25.2 Å². The zero-order chi connectivity index (χ0) is 32.9. The number of likely N-dealkylation sites (N-methyl/N-ethyl adjacent to an activating group) is 1. The monoisotopic (exact) mass is 660 g/mol. The topological polar surface area (TPSA) is 98.3 Å². The fourth-order valence-corrected chi connectivity index (χ4v) is 7.12. The molecule has 1 aromatic heterocycles. The van der Waals surface area contributed by atoms with E-state index in [2.05, 4.69) is 54.9 Å². The molecule has 1 unspecified atom stereocenters. The number of piperidine rings is 1. The maximum Gasteiger partial charge on any atom is 0.247 e. The van der Waals surface area contributed by atoms with Crippen LogP contribution in [0.5, 0.6) is 5.75 Å². The number of hydroxylamine groups is 1. The van der Waals surface area contributed by atoms with Gasteiger partial charge in [0.2, 0.25) is 5.91 Å². The van der Waals surface area contributed by atoms with E-state index in [9.17, 15) is 4.79 Å². The molecule has 2 aromatic carbocycles. The standard InChI is InChI=1S/C35H45ClN8O3/c1-5-35(45)40-28-20-29(32(46-4)21-31(28)43-13-10-25(11-14-43)42-17-15-41(6-2)16-18-42)39-33-22-34(38-23-37-33)44-30(12-19-47-44)26-8-7-9-27(36)24(26)3/h5,7-9,20-23,25,30H,1,6,10-19H2,2-4H3,(H,40,45)(H,37,38,39). The molecule has 3 fully saturated rings. The van der Waals surface area contributed by atoms with E-state index < -0.39 is 0 Å².